The number of esters is 1. The van der Waals surface area contributed by atoms with Crippen LogP contribution in [0.5, 0.6) is 0 Å². The molecule has 0 amide bonds. The van der Waals surface area contributed by atoms with Crippen LogP contribution in [0.4, 0.5) is 0 Å². The summed E-state index contributed by atoms with van der Waals surface area (Å²) >= 11 is 0. The monoisotopic (exact) mass is 432 g/mol. The summed E-state index contributed by atoms with van der Waals surface area (Å²) in [6, 6.07) is 8.12. The van der Waals surface area contributed by atoms with Crippen molar-refractivity contribution in [2.75, 3.05) is 6.61 Å². The summed E-state index contributed by atoms with van der Waals surface area (Å²) in [6.07, 6.45) is 8.86. The number of aliphatic hydroxyl groups excluding tert-OH is 3. The van der Waals surface area contributed by atoms with Crippen molar-refractivity contribution in [3.05, 3.63) is 47.5 Å². The van der Waals surface area contributed by atoms with Crippen LogP contribution in [0.1, 0.15) is 69.9 Å². The minimum atomic E-state index is -0.602. The number of aliphatic hydroxyl groups is 3. The van der Waals surface area contributed by atoms with Crippen molar-refractivity contribution in [3.63, 3.8) is 0 Å². The van der Waals surface area contributed by atoms with Gasteiger partial charge in [-0.2, -0.15) is 0 Å². The first kappa shape index (κ1) is 25.6. The highest BCUT2D eigenvalue weighted by Gasteiger charge is 2.40. The van der Waals surface area contributed by atoms with Gasteiger partial charge in [-0.3, -0.25) is 4.79 Å². The van der Waals surface area contributed by atoms with Gasteiger partial charge < -0.3 is 20.1 Å². The number of carbonyl (C=O) groups excluding carboxylic acids is 1. The fraction of sp³-hybridized carbons (Fsp3) is 0.654. The molecule has 2 rings (SSSR count). The molecule has 1 aromatic carbocycles. The summed E-state index contributed by atoms with van der Waals surface area (Å²) < 4.78 is 5.01. The van der Waals surface area contributed by atoms with Crippen LogP contribution < -0.4 is 0 Å². The van der Waals surface area contributed by atoms with Crippen LogP contribution in [0.25, 0.3) is 0 Å². The molecule has 0 aromatic heterocycles. The Kier molecular flexibility index (Phi) is 11.3. The molecule has 0 heterocycles. The lowest BCUT2D eigenvalue weighted by Crippen LogP contribution is -2.23. The van der Waals surface area contributed by atoms with Gasteiger partial charge in [-0.25, -0.2) is 0 Å². The van der Waals surface area contributed by atoms with Crippen molar-refractivity contribution < 1.29 is 24.9 Å². The molecule has 0 saturated heterocycles. The van der Waals surface area contributed by atoms with Crippen LogP contribution in [0.2, 0.25) is 0 Å². The third-order valence-corrected chi connectivity index (χ3v) is 6.28. The molecule has 1 aliphatic rings. The summed E-state index contributed by atoms with van der Waals surface area (Å²) in [5.41, 5.74) is 2.31. The maximum Gasteiger partial charge on any atom is 0.305 e. The number of unbranched alkanes of at least 4 members (excludes halogenated alkanes) is 2. The Balaban J connectivity index is 2.01. The fourth-order valence-corrected chi connectivity index (χ4v) is 4.53. The molecule has 0 radical (unpaired) electrons. The molecule has 3 N–H and O–H groups in total. The van der Waals surface area contributed by atoms with Crippen molar-refractivity contribution in [2.24, 2.45) is 11.8 Å². The van der Waals surface area contributed by atoms with Gasteiger partial charge in [0.2, 0.25) is 0 Å². The maximum atomic E-state index is 11.6. The minimum absolute atomic E-state index is 0.0969. The molecule has 1 aliphatic carbocycles. The standard InChI is InChI=1S/C26H40O5/c1-3-5-6-13-21(27)15-16-22-23(25(29)18-24(22)28)17-20-11-8-7-10-19(20)12-9-14-26(30)31-4-2/h7-8,10-11,15-16,21-25,27-29H,3-6,9,12-14,17-18H2,1-2H3/t21-,22+,23+,24+,25+/m0/s1. The number of rotatable bonds is 13. The Morgan fingerprint density at radius 3 is 2.58 bits per heavy atom. The van der Waals surface area contributed by atoms with E-state index in [-0.39, 0.29) is 17.8 Å². The van der Waals surface area contributed by atoms with Crippen molar-refractivity contribution in [1.82, 2.24) is 0 Å². The Morgan fingerprint density at radius 1 is 1.13 bits per heavy atom. The summed E-state index contributed by atoms with van der Waals surface area (Å²) in [4.78, 5) is 11.6. The number of hydrogen-bond acceptors (Lipinski definition) is 5. The first-order chi connectivity index (χ1) is 15.0. The van der Waals surface area contributed by atoms with Gasteiger partial charge in [0.05, 0.1) is 24.9 Å². The lowest BCUT2D eigenvalue weighted by atomic mass is 9.85. The van der Waals surface area contributed by atoms with Gasteiger partial charge in [-0.05, 0) is 49.7 Å². The molecule has 0 bridgehead atoms. The highest BCUT2D eigenvalue weighted by Crippen LogP contribution is 2.37. The predicted octanol–water partition coefficient (Wildman–Crippen LogP) is 3.97. The first-order valence-electron chi connectivity index (χ1n) is 11.9. The van der Waals surface area contributed by atoms with Gasteiger partial charge in [0, 0.05) is 18.8 Å². The van der Waals surface area contributed by atoms with Crippen molar-refractivity contribution in [3.8, 4) is 0 Å². The average molecular weight is 433 g/mol. The molecule has 5 nitrogen and oxygen atoms in total. The summed E-state index contributed by atoms with van der Waals surface area (Å²) in [5.74, 6) is -0.444. The normalized spacial score (nSPS) is 24.5. The molecule has 0 aliphatic heterocycles. The van der Waals surface area contributed by atoms with Crippen LogP contribution >= 0.6 is 0 Å². The molecule has 0 spiro atoms. The van der Waals surface area contributed by atoms with E-state index < -0.39 is 18.3 Å². The number of carbonyl (C=O) groups is 1. The summed E-state index contributed by atoms with van der Waals surface area (Å²) in [5, 5.41) is 31.3. The van der Waals surface area contributed by atoms with Crippen molar-refractivity contribution in [2.45, 2.75) is 89.9 Å². The SMILES string of the molecule is CCCCC[C@H](O)C=C[C@@H]1[C@@H](Cc2ccccc2CCCC(=O)OCC)[C@H](O)C[C@H]1O. The third kappa shape index (κ3) is 8.40. The van der Waals surface area contributed by atoms with Crippen molar-refractivity contribution in [1.29, 1.82) is 0 Å². The van der Waals surface area contributed by atoms with Gasteiger partial charge in [-0.15, -0.1) is 0 Å². The molecule has 5 heteroatoms. The van der Waals surface area contributed by atoms with Crippen LogP contribution in [0.3, 0.4) is 0 Å². The first-order valence-corrected chi connectivity index (χ1v) is 11.9. The van der Waals surface area contributed by atoms with Gasteiger partial charge in [-0.1, -0.05) is 62.6 Å². The number of hydrogen-bond donors (Lipinski definition) is 3. The largest absolute Gasteiger partial charge is 0.466 e. The van der Waals surface area contributed by atoms with Crippen molar-refractivity contribution >= 4 is 5.97 Å². The minimum Gasteiger partial charge on any atom is -0.466 e. The van der Waals surface area contributed by atoms with Gasteiger partial charge >= 0.3 is 5.97 Å². The van der Waals surface area contributed by atoms with E-state index in [9.17, 15) is 20.1 Å². The number of ether oxygens (including phenoxy) is 1. The third-order valence-electron chi connectivity index (χ3n) is 6.28. The Hall–Kier alpha value is -1.69. The second-order valence-corrected chi connectivity index (χ2v) is 8.69. The van der Waals surface area contributed by atoms with E-state index in [1.807, 2.05) is 25.1 Å². The molecule has 174 valence electrons. The lowest BCUT2D eigenvalue weighted by Gasteiger charge is -2.22. The number of aryl methyl sites for hydroxylation is 1. The smallest absolute Gasteiger partial charge is 0.305 e. The van der Waals surface area contributed by atoms with E-state index in [1.54, 1.807) is 6.08 Å². The second-order valence-electron chi connectivity index (χ2n) is 8.69. The Morgan fingerprint density at radius 2 is 1.87 bits per heavy atom. The zero-order chi connectivity index (χ0) is 22.6. The molecule has 5 atom stereocenters. The molecule has 1 fully saturated rings. The van der Waals surface area contributed by atoms with Crippen LogP contribution in [-0.2, 0) is 22.4 Å². The topological polar surface area (TPSA) is 87.0 Å². The maximum absolute atomic E-state index is 11.6. The van der Waals surface area contributed by atoms with E-state index in [2.05, 4.69) is 19.1 Å². The molecule has 0 unspecified atom stereocenters. The van der Waals surface area contributed by atoms with Crippen LogP contribution in [0, 0.1) is 11.8 Å². The van der Waals surface area contributed by atoms with E-state index in [4.69, 9.17) is 4.74 Å². The molecule has 1 saturated carbocycles. The van der Waals surface area contributed by atoms with E-state index >= 15 is 0 Å². The molecule has 31 heavy (non-hydrogen) atoms. The zero-order valence-corrected chi connectivity index (χ0v) is 19.1. The van der Waals surface area contributed by atoms with Crippen LogP contribution in [-0.4, -0.2) is 46.2 Å². The summed E-state index contributed by atoms with van der Waals surface area (Å²) in [7, 11) is 0. The second kappa shape index (κ2) is 13.7. The van der Waals surface area contributed by atoms with Gasteiger partial charge in [0.15, 0.2) is 0 Å². The quantitative estimate of drug-likeness (QED) is 0.249. The van der Waals surface area contributed by atoms with E-state index in [1.165, 1.54) is 5.56 Å². The zero-order valence-electron chi connectivity index (χ0n) is 19.1. The van der Waals surface area contributed by atoms with E-state index in [0.717, 1.165) is 44.1 Å². The summed E-state index contributed by atoms with van der Waals surface area (Å²) in [6.45, 7) is 4.35. The Labute approximate surface area is 187 Å². The highest BCUT2D eigenvalue weighted by molar-refractivity contribution is 5.69. The Bertz CT molecular complexity index is 686. The molecule has 1 aromatic rings. The highest BCUT2D eigenvalue weighted by atomic mass is 16.5. The average Bonchev–Trinajstić information content (AvgIpc) is 3.00. The molecular weight excluding hydrogens is 392 g/mol. The predicted molar refractivity (Wildman–Crippen MR) is 123 cm³/mol. The molecular formula is C26H40O5. The van der Waals surface area contributed by atoms with Gasteiger partial charge in [0.25, 0.3) is 0 Å². The van der Waals surface area contributed by atoms with Crippen LogP contribution in [0.15, 0.2) is 36.4 Å². The van der Waals surface area contributed by atoms with E-state index in [0.29, 0.717) is 25.9 Å². The lowest BCUT2D eigenvalue weighted by molar-refractivity contribution is -0.143. The fourth-order valence-electron chi connectivity index (χ4n) is 4.53. The van der Waals surface area contributed by atoms with Gasteiger partial charge in [0.1, 0.15) is 0 Å². The number of benzene rings is 1.